The molecule has 1 heterocycles. The average molecular weight is 239 g/mol. The lowest BCUT2D eigenvalue weighted by molar-refractivity contribution is -0.141. The Morgan fingerprint density at radius 3 is 2.81 bits per heavy atom. The number of para-hydroxylation sites is 1. The lowest BCUT2D eigenvalue weighted by Crippen LogP contribution is -2.11. The minimum absolute atomic E-state index is 0.308. The zero-order valence-electron chi connectivity index (χ0n) is 8.74. The average Bonchev–Trinajstić information content (AvgIpc) is 2.56. The molecule has 1 N–H and O–H groups in total. The largest absolute Gasteiger partial charge is 0.481 e. The third-order valence-corrected chi connectivity index (χ3v) is 2.93. The Bertz CT molecular complexity index is 530. The predicted octanol–water partition coefficient (Wildman–Crippen LogP) is 3.35. The molecule has 0 spiro atoms. The summed E-state index contributed by atoms with van der Waals surface area (Å²) in [7, 11) is 0. The molecular formula is C12H11ClO3. The molecule has 0 aliphatic heterocycles. The zero-order chi connectivity index (χ0) is 11.7. The lowest BCUT2D eigenvalue weighted by Gasteiger charge is -2.02. The van der Waals surface area contributed by atoms with Crippen LogP contribution in [0.4, 0.5) is 0 Å². The minimum atomic E-state index is -0.850. The Hall–Kier alpha value is -1.48. The lowest BCUT2D eigenvalue weighted by atomic mass is 10.1. The van der Waals surface area contributed by atoms with Crippen molar-refractivity contribution >= 4 is 28.5 Å². The van der Waals surface area contributed by atoms with Crippen LogP contribution in [-0.2, 0) is 11.2 Å². The number of carbonyl (C=O) groups is 1. The topological polar surface area (TPSA) is 50.4 Å². The van der Waals surface area contributed by atoms with E-state index < -0.39 is 11.9 Å². The van der Waals surface area contributed by atoms with E-state index in [0.717, 1.165) is 5.39 Å². The zero-order valence-corrected chi connectivity index (χ0v) is 9.49. The molecule has 16 heavy (non-hydrogen) atoms. The molecule has 1 aromatic carbocycles. The number of hydrogen-bond donors (Lipinski definition) is 1. The summed E-state index contributed by atoms with van der Waals surface area (Å²) >= 11 is 6.12. The number of hydrogen-bond acceptors (Lipinski definition) is 2. The van der Waals surface area contributed by atoms with Crippen LogP contribution >= 0.6 is 11.6 Å². The number of carboxylic acids is 1. The van der Waals surface area contributed by atoms with Crippen molar-refractivity contribution in [2.75, 3.05) is 0 Å². The monoisotopic (exact) mass is 238 g/mol. The third kappa shape index (κ3) is 1.91. The summed E-state index contributed by atoms with van der Waals surface area (Å²) in [5.74, 6) is -0.813. The number of aliphatic carboxylic acids is 1. The van der Waals surface area contributed by atoms with Gasteiger partial charge >= 0.3 is 5.97 Å². The molecule has 4 heteroatoms. The second-order valence-electron chi connectivity index (χ2n) is 3.78. The van der Waals surface area contributed by atoms with Gasteiger partial charge in [-0.3, -0.25) is 4.79 Å². The summed E-state index contributed by atoms with van der Waals surface area (Å²) in [6.45, 7) is 1.63. The molecule has 2 rings (SSSR count). The molecule has 1 atom stereocenters. The third-order valence-electron chi connectivity index (χ3n) is 2.51. The fourth-order valence-electron chi connectivity index (χ4n) is 1.56. The van der Waals surface area contributed by atoms with E-state index in [-0.39, 0.29) is 0 Å². The quantitative estimate of drug-likeness (QED) is 0.892. The molecule has 3 nitrogen and oxygen atoms in total. The van der Waals surface area contributed by atoms with Crippen molar-refractivity contribution in [2.24, 2.45) is 5.92 Å². The number of halogens is 1. The maximum Gasteiger partial charge on any atom is 0.306 e. The van der Waals surface area contributed by atoms with Crippen molar-refractivity contribution in [3.8, 4) is 0 Å². The predicted molar refractivity (Wildman–Crippen MR) is 61.7 cm³/mol. The fourth-order valence-corrected chi connectivity index (χ4v) is 1.83. The highest BCUT2D eigenvalue weighted by atomic mass is 35.5. The highest BCUT2D eigenvalue weighted by molar-refractivity contribution is 6.36. The summed E-state index contributed by atoms with van der Waals surface area (Å²) in [5.41, 5.74) is 0.695. The highest BCUT2D eigenvalue weighted by Gasteiger charge is 2.18. The first-order valence-electron chi connectivity index (χ1n) is 4.98. The molecule has 1 unspecified atom stereocenters. The van der Waals surface area contributed by atoms with Crippen LogP contribution in [0.15, 0.2) is 28.7 Å². The second-order valence-corrected chi connectivity index (χ2v) is 4.16. The van der Waals surface area contributed by atoms with E-state index in [2.05, 4.69) is 0 Å². The summed E-state index contributed by atoms with van der Waals surface area (Å²) in [6.07, 6.45) is 0.308. The van der Waals surface area contributed by atoms with Crippen molar-refractivity contribution in [1.82, 2.24) is 0 Å². The minimum Gasteiger partial charge on any atom is -0.481 e. The Morgan fingerprint density at radius 1 is 1.50 bits per heavy atom. The molecule has 0 radical (unpaired) electrons. The Labute approximate surface area is 97.6 Å². The van der Waals surface area contributed by atoms with Crippen LogP contribution < -0.4 is 0 Å². The van der Waals surface area contributed by atoms with Crippen LogP contribution in [0.5, 0.6) is 0 Å². The first-order valence-corrected chi connectivity index (χ1v) is 5.36. The van der Waals surface area contributed by atoms with Gasteiger partial charge in [0.1, 0.15) is 11.3 Å². The molecule has 0 amide bonds. The van der Waals surface area contributed by atoms with Gasteiger partial charge in [0.2, 0.25) is 0 Å². The highest BCUT2D eigenvalue weighted by Crippen LogP contribution is 2.31. The molecule has 0 saturated carbocycles. The summed E-state index contributed by atoms with van der Waals surface area (Å²) in [5, 5.41) is 10.2. The maximum absolute atomic E-state index is 10.7. The molecule has 0 aliphatic rings. The van der Waals surface area contributed by atoms with Gasteiger partial charge in [0.15, 0.2) is 0 Å². The van der Waals surface area contributed by atoms with Gasteiger partial charge in [-0.15, -0.1) is 0 Å². The maximum atomic E-state index is 10.7. The molecule has 2 aromatic rings. The van der Waals surface area contributed by atoms with E-state index in [1.807, 2.05) is 24.3 Å². The van der Waals surface area contributed by atoms with E-state index in [9.17, 15) is 4.79 Å². The number of benzene rings is 1. The standard InChI is InChI=1S/C12H11ClO3/c1-7(12(14)15)6-10-11(13)8-4-2-3-5-9(8)16-10/h2-5,7H,6H2,1H3,(H,14,15). The Morgan fingerprint density at radius 2 is 2.19 bits per heavy atom. The smallest absolute Gasteiger partial charge is 0.306 e. The van der Waals surface area contributed by atoms with Gasteiger partial charge < -0.3 is 9.52 Å². The first-order chi connectivity index (χ1) is 7.59. The number of rotatable bonds is 3. The van der Waals surface area contributed by atoms with Crippen LogP contribution in [0.3, 0.4) is 0 Å². The van der Waals surface area contributed by atoms with Crippen LogP contribution in [0.1, 0.15) is 12.7 Å². The van der Waals surface area contributed by atoms with Crippen LogP contribution in [0.25, 0.3) is 11.0 Å². The molecular weight excluding hydrogens is 228 g/mol. The number of carboxylic acid groups (broad SMARTS) is 1. The number of fused-ring (bicyclic) bond motifs is 1. The van der Waals surface area contributed by atoms with Gasteiger partial charge in [0, 0.05) is 11.8 Å². The summed E-state index contributed by atoms with van der Waals surface area (Å²) in [4.78, 5) is 10.7. The van der Waals surface area contributed by atoms with Gasteiger partial charge in [0.25, 0.3) is 0 Å². The first kappa shape index (κ1) is 11.0. The Balaban J connectivity index is 2.38. The SMILES string of the molecule is CC(Cc1oc2ccccc2c1Cl)C(=O)O. The van der Waals surface area contributed by atoms with E-state index in [1.54, 1.807) is 6.92 Å². The van der Waals surface area contributed by atoms with Gasteiger partial charge in [-0.1, -0.05) is 30.7 Å². The fraction of sp³-hybridized carbons (Fsp3) is 0.250. The van der Waals surface area contributed by atoms with E-state index in [0.29, 0.717) is 22.8 Å². The summed E-state index contributed by atoms with van der Waals surface area (Å²) in [6, 6.07) is 7.40. The van der Waals surface area contributed by atoms with Crippen LogP contribution in [-0.4, -0.2) is 11.1 Å². The van der Waals surface area contributed by atoms with Crippen LogP contribution in [0, 0.1) is 5.92 Å². The normalized spacial score (nSPS) is 12.9. The van der Waals surface area contributed by atoms with Crippen LogP contribution in [0.2, 0.25) is 5.02 Å². The molecule has 0 aliphatic carbocycles. The van der Waals surface area contributed by atoms with E-state index >= 15 is 0 Å². The van der Waals surface area contributed by atoms with Gasteiger partial charge in [-0.25, -0.2) is 0 Å². The number of furan rings is 1. The Kier molecular flexibility index (Phi) is 2.88. The van der Waals surface area contributed by atoms with Crippen molar-refractivity contribution in [2.45, 2.75) is 13.3 Å². The van der Waals surface area contributed by atoms with Crippen molar-refractivity contribution in [3.63, 3.8) is 0 Å². The molecule has 84 valence electrons. The molecule has 1 aromatic heterocycles. The van der Waals surface area contributed by atoms with Crippen molar-refractivity contribution < 1.29 is 14.3 Å². The second kappa shape index (κ2) is 4.18. The van der Waals surface area contributed by atoms with Gasteiger partial charge in [0.05, 0.1) is 10.9 Å². The van der Waals surface area contributed by atoms with Gasteiger partial charge in [-0.2, -0.15) is 0 Å². The molecule has 0 bridgehead atoms. The van der Waals surface area contributed by atoms with Crippen molar-refractivity contribution in [1.29, 1.82) is 0 Å². The molecule has 0 saturated heterocycles. The molecule has 0 fully saturated rings. The summed E-state index contributed by atoms with van der Waals surface area (Å²) < 4.78 is 5.52. The van der Waals surface area contributed by atoms with Crippen molar-refractivity contribution in [3.05, 3.63) is 35.0 Å². The van der Waals surface area contributed by atoms with E-state index in [4.69, 9.17) is 21.1 Å². The van der Waals surface area contributed by atoms with E-state index in [1.165, 1.54) is 0 Å². The van der Waals surface area contributed by atoms with Gasteiger partial charge in [-0.05, 0) is 12.1 Å².